The van der Waals surface area contributed by atoms with Gasteiger partial charge in [0.25, 0.3) is 0 Å². The molecule has 1 amide bonds. The minimum absolute atomic E-state index is 0.0629. The highest BCUT2D eigenvalue weighted by molar-refractivity contribution is 5.79. The first-order valence-electron chi connectivity index (χ1n) is 7.59. The van der Waals surface area contributed by atoms with Gasteiger partial charge in [-0.2, -0.15) is 5.26 Å². The zero-order chi connectivity index (χ0) is 15.2. The van der Waals surface area contributed by atoms with Gasteiger partial charge < -0.3 is 10.6 Å². The topological polar surface area (TPSA) is 70.1 Å². The zero-order valence-corrected chi connectivity index (χ0v) is 12.6. The molecule has 21 heavy (non-hydrogen) atoms. The van der Waals surface area contributed by atoms with Crippen LogP contribution in [0.15, 0.2) is 24.3 Å². The molecule has 1 saturated carbocycles. The van der Waals surface area contributed by atoms with E-state index in [0.717, 1.165) is 24.8 Å². The molecular weight excluding hydrogens is 262 g/mol. The lowest BCUT2D eigenvalue weighted by Gasteiger charge is -2.32. The molecule has 2 atom stereocenters. The van der Waals surface area contributed by atoms with Gasteiger partial charge in [-0.1, -0.05) is 25.0 Å². The van der Waals surface area contributed by atoms with Crippen LogP contribution in [0.2, 0.25) is 0 Å². The Labute approximate surface area is 126 Å². The van der Waals surface area contributed by atoms with Gasteiger partial charge in [0.1, 0.15) is 0 Å². The van der Waals surface area contributed by atoms with Crippen molar-refractivity contribution in [1.82, 2.24) is 4.90 Å². The Morgan fingerprint density at radius 1 is 1.43 bits per heavy atom. The van der Waals surface area contributed by atoms with Crippen molar-refractivity contribution in [3.8, 4) is 6.07 Å². The van der Waals surface area contributed by atoms with E-state index in [1.807, 2.05) is 25.2 Å². The third-order valence-electron chi connectivity index (χ3n) is 4.38. The van der Waals surface area contributed by atoms with Crippen LogP contribution in [-0.2, 0) is 11.3 Å². The SMILES string of the molecule is CN(Cc1cccc(C#N)c1)C(=O)C1CCCCC1CN. The molecule has 1 fully saturated rings. The molecule has 2 N–H and O–H groups in total. The van der Waals surface area contributed by atoms with Crippen LogP contribution in [0.3, 0.4) is 0 Å². The summed E-state index contributed by atoms with van der Waals surface area (Å²) in [4.78, 5) is 14.4. The quantitative estimate of drug-likeness (QED) is 0.922. The molecule has 1 aliphatic rings. The van der Waals surface area contributed by atoms with E-state index >= 15 is 0 Å². The predicted octanol–water partition coefficient (Wildman–Crippen LogP) is 2.28. The average Bonchev–Trinajstić information content (AvgIpc) is 2.54. The van der Waals surface area contributed by atoms with E-state index in [0.29, 0.717) is 24.6 Å². The van der Waals surface area contributed by atoms with Gasteiger partial charge >= 0.3 is 0 Å². The first-order chi connectivity index (χ1) is 10.2. The van der Waals surface area contributed by atoms with Crippen LogP contribution in [0.1, 0.15) is 36.8 Å². The fourth-order valence-electron chi connectivity index (χ4n) is 3.19. The summed E-state index contributed by atoms with van der Waals surface area (Å²) in [7, 11) is 1.84. The van der Waals surface area contributed by atoms with Crippen molar-refractivity contribution in [2.75, 3.05) is 13.6 Å². The van der Waals surface area contributed by atoms with Gasteiger partial charge in [-0.25, -0.2) is 0 Å². The molecule has 0 aromatic heterocycles. The summed E-state index contributed by atoms with van der Waals surface area (Å²) >= 11 is 0. The van der Waals surface area contributed by atoms with Crippen LogP contribution in [0, 0.1) is 23.2 Å². The van der Waals surface area contributed by atoms with Gasteiger partial charge in [0.2, 0.25) is 5.91 Å². The lowest BCUT2D eigenvalue weighted by molar-refractivity contribution is -0.137. The number of carbonyl (C=O) groups excluding carboxylic acids is 1. The summed E-state index contributed by atoms with van der Waals surface area (Å²) < 4.78 is 0. The first-order valence-corrected chi connectivity index (χ1v) is 7.59. The number of nitriles is 1. The van der Waals surface area contributed by atoms with E-state index in [9.17, 15) is 4.79 Å². The molecule has 0 radical (unpaired) electrons. The lowest BCUT2D eigenvalue weighted by atomic mass is 9.78. The maximum Gasteiger partial charge on any atom is 0.226 e. The molecule has 0 saturated heterocycles. The molecular formula is C17H23N3O. The molecule has 2 rings (SSSR count). The maximum atomic E-state index is 12.6. The van der Waals surface area contributed by atoms with Gasteiger partial charge in [0.15, 0.2) is 0 Å². The summed E-state index contributed by atoms with van der Waals surface area (Å²) in [6, 6.07) is 9.55. The van der Waals surface area contributed by atoms with Crippen LogP contribution < -0.4 is 5.73 Å². The number of benzene rings is 1. The average molecular weight is 285 g/mol. The molecule has 0 spiro atoms. The molecule has 4 heteroatoms. The van der Waals surface area contributed by atoms with E-state index in [-0.39, 0.29) is 11.8 Å². The second-order valence-corrected chi connectivity index (χ2v) is 5.89. The Kier molecular flexibility index (Phi) is 5.35. The first kappa shape index (κ1) is 15.5. The summed E-state index contributed by atoms with van der Waals surface area (Å²) in [5.74, 6) is 0.569. The van der Waals surface area contributed by atoms with Crippen LogP contribution >= 0.6 is 0 Å². The second kappa shape index (κ2) is 7.24. The standard InChI is InChI=1S/C17H23N3O/c1-20(12-14-6-4-5-13(9-14)10-18)17(21)16-8-3-2-7-15(16)11-19/h4-6,9,15-16H,2-3,7-8,11-12,19H2,1H3. The fraction of sp³-hybridized carbons (Fsp3) is 0.529. The second-order valence-electron chi connectivity index (χ2n) is 5.89. The number of rotatable bonds is 4. The minimum Gasteiger partial charge on any atom is -0.341 e. The molecule has 2 unspecified atom stereocenters. The van der Waals surface area contributed by atoms with Crippen molar-refractivity contribution in [3.05, 3.63) is 35.4 Å². The summed E-state index contributed by atoms with van der Waals surface area (Å²) in [5, 5.41) is 8.93. The van der Waals surface area contributed by atoms with E-state index in [1.165, 1.54) is 6.42 Å². The van der Waals surface area contributed by atoms with E-state index in [2.05, 4.69) is 6.07 Å². The highest BCUT2D eigenvalue weighted by atomic mass is 16.2. The monoisotopic (exact) mass is 285 g/mol. The van der Waals surface area contributed by atoms with Crippen LogP contribution in [0.25, 0.3) is 0 Å². The maximum absolute atomic E-state index is 12.6. The van der Waals surface area contributed by atoms with Crippen molar-refractivity contribution in [1.29, 1.82) is 5.26 Å². The Morgan fingerprint density at radius 2 is 2.19 bits per heavy atom. The highest BCUT2D eigenvalue weighted by Crippen LogP contribution is 2.30. The summed E-state index contributed by atoms with van der Waals surface area (Å²) in [5.41, 5.74) is 7.44. The molecule has 0 bridgehead atoms. The van der Waals surface area contributed by atoms with Gasteiger partial charge in [0.05, 0.1) is 11.6 Å². The molecule has 1 aromatic carbocycles. The number of amides is 1. The number of carbonyl (C=O) groups is 1. The van der Waals surface area contributed by atoms with Crippen LogP contribution in [0.4, 0.5) is 0 Å². The third-order valence-corrected chi connectivity index (χ3v) is 4.38. The number of hydrogen-bond acceptors (Lipinski definition) is 3. The molecule has 1 aliphatic carbocycles. The molecule has 1 aromatic rings. The van der Waals surface area contributed by atoms with Crippen molar-refractivity contribution in [2.24, 2.45) is 17.6 Å². The Bertz CT molecular complexity index is 535. The molecule has 0 heterocycles. The van der Waals surface area contributed by atoms with E-state index in [1.54, 1.807) is 11.0 Å². The number of hydrogen-bond donors (Lipinski definition) is 1. The Balaban J connectivity index is 2.03. The van der Waals surface area contributed by atoms with E-state index in [4.69, 9.17) is 11.0 Å². The largest absolute Gasteiger partial charge is 0.341 e. The van der Waals surface area contributed by atoms with Gasteiger partial charge in [0, 0.05) is 19.5 Å². The normalized spacial score (nSPS) is 21.6. The van der Waals surface area contributed by atoms with Gasteiger partial charge in [-0.3, -0.25) is 4.79 Å². The molecule has 112 valence electrons. The Hall–Kier alpha value is -1.86. The van der Waals surface area contributed by atoms with Crippen LogP contribution in [0.5, 0.6) is 0 Å². The molecule has 4 nitrogen and oxygen atoms in total. The number of nitrogens with zero attached hydrogens (tertiary/aromatic N) is 2. The Morgan fingerprint density at radius 3 is 2.90 bits per heavy atom. The van der Waals surface area contributed by atoms with Crippen LogP contribution in [-0.4, -0.2) is 24.4 Å². The predicted molar refractivity (Wildman–Crippen MR) is 82.1 cm³/mol. The summed E-state index contributed by atoms with van der Waals surface area (Å²) in [6.45, 7) is 1.14. The third kappa shape index (κ3) is 3.83. The summed E-state index contributed by atoms with van der Waals surface area (Å²) in [6.07, 6.45) is 4.30. The van der Waals surface area contributed by atoms with Crippen molar-refractivity contribution in [3.63, 3.8) is 0 Å². The van der Waals surface area contributed by atoms with Crippen molar-refractivity contribution in [2.45, 2.75) is 32.2 Å². The molecule has 0 aliphatic heterocycles. The number of nitrogens with two attached hydrogens (primary N) is 1. The lowest BCUT2D eigenvalue weighted by Crippen LogP contribution is -2.40. The van der Waals surface area contributed by atoms with Gasteiger partial charge in [-0.15, -0.1) is 0 Å². The van der Waals surface area contributed by atoms with Crippen molar-refractivity contribution >= 4 is 5.91 Å². The zero-order valence-electron chi connectivity index (χ0n) is 12.6. The smallest absolute Gasteiger partial charge is 0.226 e. The fourth-order valence-corrected chi connectivity index (χ4v) is 3.19. The van der Waals surface area contributed by atoms with Gasteiger partial charge in [-0.05, 0) is 43.0 Å². The van der Waals surface area contributed by atoms with Crippen molar-refractivity contribution < 1.29 is 4.79 Å². The highest BCUT2D eigenvalue weighted by Gasteiger charge is 2.31. The minimum atomic E-state index is 0.0629. The van der Waals surface area contributed by atoms with E-state index < -0.39 is 0 Å².